The topological polar surface area (TPSA) is 92.3 Å². The molecule has 0 aliphatic heterocycles. The quantitative estimate of drug-likeness (QED) is 0.308. The highest BCUT2D eigenvalue weighted by atomic mass is 19.4. The molecule has 11 heteroatoms. The molecule has 36 heavy (non-hydrogen) atoms. The molecule has 0 aliphatic carbocycles. The number of anilines is 3. The van der Waals surface area contributed by atoms with Crippen molar-refractivity contribution < 1.29 is 22.7 Å². The molecule has 184 valence electrons. The normalized spacial score (nSPS) is 11.0. The number of urea groups is 1. The number of rotatable bonds is 6. The van der Waals surface area contributed by atoms with Crippen molar-refractivity contribution in [2.75, 3.05) is 22.6 Å². The number of hydrogen-bond donors (Lipinski definition) is 2. The average Bonchev–Trinajstić information content (AvgIpc) is 2.86. The van der Waals surface area contributed by atoms with Crippen molar-refractivity contribution in [3.8, 4) is 22.9 Å². The zero-order valence-corrected chi connectivity index (χ0v) is 19.2. The van der Waals surface area contributed by atoms with Gasteiger partial charge in [0.1, 0.15) is 5.75 Å². The van der Waals surface area contributed by atoms with Crippen molar-refractivity contribution in [1.82, 2.24) is 15.0 Å². The van der Waals surface area contributed by atoms with Gasteiger partial charge in [0, 0.05) is 25.1 Å². The molecule has 2 aromatic carbocycles. The molecule has 2 aromatic heterocycles. The van der Waals surface area contributed by atoms with Crippen molar-refractivity contribution in [2.24, 2.45) is 0 Å². The van der Waals surface area contributed by atoms with Crippen molar-refractivity contribution in [2.45, 2.75) is 13.2 Å². The average molecular weight is 494 g/mol. The first-order valence-corrected chi connectivity index (χ1v) is 10.7. The van der Waals surface area contributed by atoms with E-state index in [9.17, 15) is 18.0 Å². The van der Waals surface area contributed by atoms with Crippen molar-refractivity contribution in [1.29, 1.82) is 0 Å². The molecular formula is C25H21F3N6O2. The number of pyridine rings is 1. The lowest BCUT2D eigenvalue weighted by Crippen LogP contribution is -2.45. The second kappa shape index (κ2) is 10.3. The number of aromatic nitrogens is 3. The van der Waals surface area contributed by atoms with Gasteiger partial charge in [-0.25, -0.2) is 24.6 Å². The zero-order valence-electron chi connectivity index (χ0n) is 19.2. The minimum Gasteiger partial charge on any atom is -0.438 e. The number of halogens is 3. The van der Waals surface area contributed by atoms with Crippen LogP contribution in [0.4, 0.5) is 35.3 Å². The minimum atomic E-state index is -4.91. The fourth-order valence-corrected chi connectivity index (χ4v) is 3.38. The minimum absolute atomic E-state index is 0.172. The first kappa shape index (κ1) is 24.5. The second-order valence-electron chi connectivity index (χ2n) is 7.52. The molecule has 2 amide bonds. The Bertz CT molecular complexity index is 1370. The Kier molecular flexibility index (Phi) is 7.00. The van der Waals surface area contributed by atoms with E-state index in [1.165, 1.54) is 36.4 Å². The molecule has 0 aliphatic rings. The van der Waals surface area contributed by atoms with E-state index in [4.69, 9.17) is 4.74 Å². The number of hydrogen-bond acceptors (Lipinski definition) is 6. The van der Waals surface area contributed by atoms with Crippen LogP contribution in [0.2, 0.25) is 0 Å². The molecule has 0 atom stereocenters. The summed E-state index contributed by atoms with van der Waals surface area (Å²) in [5.74, 6) is 1.12. The molecule has 0 spiro atoms. The summed E-state index contributed by atoms with van der Waals surface area (Å²) >= 11 is 0. The molecule has 2 N–H and O–H groups in total. The lowest BCUT2D eigenvalue weighted by molar-refractivity contribution is -0.120. The van der Waals surface area contributed by atoms with Gasteiger partial charge in [-0.05, 0) is 61.0 Å². The highest BCUT2D eigenvalue weighted by molar-refractivity contribution is 6.02. The predicted octanol–water partition coefficient (Wildman–Crippen LogP) is 6.24. The SMILES string of the molecule is CNc1nccc(-c2cccnc2Oc2ccc(NC(=O)N(c3ccccc3)C(F)(F)F)cc2C)n1. The summed E-state index contributed by atoms with van der Waals surface area (Å²) < 4.78 is 46.8. The first-order chi connectivity index (χ1) is 17.3. The van der Waals surface area contributed by atoms with E-state index >= 15 is 0 Å². The van der Waals surface area contributed by atoms with Crippen LogP contribution in [-0.2, 0) is 0 Å². The standard InChI is InChI=1S/C25H21F3N6O2/c1-16-15-17(32-24(35)34(25(26,27)28)18-7-4-3-5-8-18)10-11-21(16)36-22-19(9-6-13-30-22)20-12-14-31-23(29-2)33-20/h3-15H,1-2H3,(H,32,35)(H,29,31,33). The number of aryl methyl sites for hydroxylation is 1. The maximum absolute atomic E-state index is 13.6. The number of para-hydroxylation sites is 1. The summed E-state index contributed by atoms with van der Waals surface area (Å²) in [5.41, 5.74) is 1.66. The lowest BCUT2D eigenvalue weighted by Gasteiger charge is -2.25. The molecule has 0 bridgehead atoms. The molecule has 4 aromatic rings. The van der Waals surface area contributed by atoms with E-state index in [1.807, 2.05) is 0 Å². The van der Waals surface area contributed by atoms with E-state index in [0.29, 0.717) is 28.5 Å². The van der Waals surface area contributed by atoms with Crippen LogP contribution in [0, 0.1) is 6.92 Å². The summed E-state index contributed by atoms with van der Waals surface area (Å²) in [7, 11) is 1.71. The summed E-state index contributed by atoms with van der Waals surface area (Å²) in [6.07, 6.45) is -1.74. The zero-order chi connectivity index (χ0) is 25.7. The van der Waals surface area contributed by atoms with Crippen LogP contribution in [0.5, 0.6) is 11.6 Å². The van der Waals surface area contributed by atoms with Gasteiger partial charge >= 0.3 is 12.3 Å². The smallest absolute Gasteiger partial charge is 0.438 e. The molecule has 8 nitrogen and oxygen atoms in total. The monoisotopic (exact) mass is 494 g/mol. The molecule has 0 fully saturated rings. The molecule has 0 radical (unpaired) electrons. The van der Waals surface area contributed by atoms with Gasteiger partial charge in [-0.15, -0.1) is 13.2 Å². The van der Waals surface area contributed by atoms with Crippen molar-refractivity contribution >= 4 is 23.4 Å². The van der Waals surface area contributed by atoms with Gasteiger partial charge in [0.25, 0.3) is 0 Å². The van der Waals surface area contributed by atoms with Crippen LogP contribution >= 0.6 is 0 Å². The van der Waals surface area contributed by atoms with E-state index in [2.05, 4.69) is 25.6 Å². The predicted molar refractivity (Wildman–Crippen MR) is 130 cm³/mol. The molecule has 2 heterocycles. The van der Waals surface area contributed by atoms with Gasteiger partial charge < -0.3 is 15.4 Å². The van der Waals surface area contributed by atoms with Gasteiger partial charge in [-0.3, -0.25) is 0 Å². The maximum atomic E-state index is 13.6. The van der Waals surface area contributed by atoms with Crippen LogP contribution in [0.25, 0.3) is 11.3 Å². The van der Waals surface area contributed by atoms with Crippen LogP contribution in [-0.4, -0.2) is 34.3 Å². The highest BCUT2D eigenvalue weighted by Gasteiger charge is 2.42. The fraction of sp³-hybridized carbons (Fsp3) is 0.120. The van der Waals surface area contributed by atoms with E-state index in [-0.39, 0.29) is 22.2 Å². The Hall–Kier alpha value is -4.67. The van der Waals surface area contributed by atoms with E-state index in [1.54, 1.807) is 56.7 Å². The van der Waals surface area contributed by atoms with Crippen LogP contribution in [0.1, 0.15) is 5.56 Å². The number of carbonyl (C=O) groups excluding carboxylic acids is 1. The third kappa shape index (κ3) is 5.52. The van der Waals surface area contributed by atoms with E-state index < -0.39 is 12.3 Å². The molecule has 0 saturated carbocycles. The summed E-state index contributed by atoms with van der Waals surface area (Å²) in [6.45, 7) is 1.70. The number of ether oxygens (including phenoxy) is 1. The van der Waals surface area contributed by atoms with Crippen LogP contribution < -0.4 is 20.3 Å². The Morgan fingerprint density at radius 2 is 1.75 bits per heavy atom. The summed E-state index contributed by atoms with van der Waals surface area (Å²) in [5, 5.41) is 5.17. The van der Waals surface area contributed by atoms with Crippen molar-refractivity contribution in [3.05, 3.63) is 84.7 Å². The molecule has 4 rings (SSSR count). The third-order valence-corrected chi connectivity index (χ3v) is 5.03. The molecule has 0 unspecified atom stereocenters. The largest absolute Gasteiger partial charge is 0.493 e. The summed E-state index contributed by atoms with van der Waals surface area (Å²) in [6, 6.07) is 15.2. The number of nitrogens with one attached hydrogen (secondary N) is 2. The summed E-state index contributed by atoms with van der Waals surface area (Å²) in [4.78, 5) is 25.1. The van der Waals surface area contributed by atoms with Crippen LogP contribution in [0.15, 0.2) is 79.1 Å². The van der Waals surface area contributed by atoms with Gasteiger partial charge in [-0.2, -0.15) is 0 Å². The number of nitrogens with zero attached hydrogens (tertiary/aromatic N) is 4. The van der Waals surface area contributed by atoms with Gasteiger partial charge in [-0.1, -0.05) is 18.2 Å². The van der Waals surface area contributed by atoms with E-state index in [0.717, 1.165) is 0 Å². The Morgan fingerprint density at radius 1 is 0.972 bits per heavy atom. The van der Waals surface area contributed by atoms with Gasteiger partial charge in [0.15, 0.2) is 0 Å². The second-order valence-corrected chi connectivity index (χ2v) is 7.52. The van der Waals surface area contributed by atoms with Crippen molar-refractivity contribution in [3.63, 3.8) is 0 Å². The maximum Gasteiger partial charge on any atom is 0.493 e. The first-order valence-electron chi connectivity index (χ1n) is 10.7. The van der Waals surface area contributed by atoms with Gasteiger partial charge in [0.05, 0.1) is 16.9 Å². The number of amides is 2. The van der Waals surface area contributed by atoms with Gasteiger partial charge in [0.2, 0.25) is 11.8 Å². The Morgan fingerprint density at radius 3 is 2.44 bits per heavy atom. The Labute approximate surface area is 204 Å². The number of benzene rings is 2. The molecular weight excluding hydrogens is 473 g/mol. The lowest BCUT2D eigenvalue weighted by atomic mass is 10.2. The number of carbonyl (C=O) groups is 1. The Balaban J connectivity index is 1.56. The molecule has 0 saturated heterocycles. The fourth-order valence-electron chi connectivity index (χ4n) is 3.38. The van der Waals surface area contributed by atoms with Crippen LogP contribution in [0.3, 0.4) is 0 Å². The third-order valence-electron chi connectivity index (χ3n) is 5.03. The highest BCUT2D eigenvalue weighted by Crippen LogP contribution is 2.34. The number of alkyl halides is 3.